The number of carbonyl (C=O) groups excluding carboxylic acids is 1. The molecule has 1 aliphatic heterocycles. The summed E-state index contributed by atoms with van der Waals surface area (Å²) >= 11 is 3.11. The van der Waals surface area contributed by atoms with Gasteiger partial charge in [0.25, 0.3) is 0 Å². The lowest BCUT2D eigenvalue weighted by Gasteiger charge is -2.14. The van der Waals surface area contributed by atoms with Crippen LogP contribution in [0.15, 0.2) is 47.5 Å². The van der Waals surface area contributed by atoms with Crippen LogP contribution in [0.4, 0.5) is 10.1 Å². The van der Waals surface area contributed by atoms with Crippen molar-refractivity contribution in [1.82, 2.24) is 5.32 Å². The molecule has 0 aromatic heterocycles. The van der Waals surface area contributed by atoms with Gasteiger partial charge in [-0.05, 0) is 35.7 Å². The van der Waals surface area contributed by atoms with Gasteiger partial charge >= 0.3 is 0 Å². The molecule has 3 rings (SSSR count). The van der Waals surface area contributed by atoms with Crippen molar-refractivity contribution in [3.63, 3.8) is 0 Å². The molecule has 0 bridgehead atoms. The highest BCUT2D eigenvalue weighted by molar-refractivity contribution is 8.38. The van der Waals surface area contributed by atoms with Crippen molar-refractivity contribution in [2.24, 2.45) is 4.99 Å². The van der Waals surface area contributed by atoms with Gasteiger partial charge in [0.15, 0.2) is 0 Å². The first-order valence-corrected chi connectivity index (χ1v) is 9.53. The SMILES string of the molecule is Cc1cc(CNC(=O)CSC2=Nc3ccccc3CS2)ccc1F. The van der Waals surface area contributed by atoms with E-state index >= 15 is 0 Å². The topological polar surface area (TPSA) is 41.5 Å². The van der Waals surface area contributed by atoms with Crippen LogP contribution in [-0.2, 0) is 17.1 Å². The maximum Gasteiger partial charge on any atom is 0.230 e. The number of thioether (sulfide) groups is 2. The highest BCUT2D eigenvalue weighted by Crippen LogP contribution is 2.34. The molecule has 0 atom stereocenters. The summed E-state index contributed by atoms with van der Waals surface area (Å²) < 4.78 is 14.1. The Balaban J connectivity index is 1.49. The molecule has 2 aromatic carbocycles. The van der Waals surface area contributed by atoms with E-state index in [2.05, 4.69) is 16.4 Å². The molecule has 1 amide bonds. The molecule has 1 heterocycles. The minimum Gasteiger partial charge on any atom is -0.351 e. The average Bonchev–Trinajstić information content (AvgIpc) is 2.60. The lowest BCUT2D eigenvalue weighted by atomic mass is 10.1. The van der Waals surface area contributed by atoms with Gasteiger partial charge in [0.2, 0.25) is 5.91 Å². The van der Waals surface area contributed by atoms with Crippen molar-refractivity contribution in [1.29, 1.82) is 0 Å². The van der Waals surface area contributed by atoms with Gasteiger partial charge in [-0.2, -0.15) is 0 Å². The number of carbonyl (C=O) groups is 1. The Hall–Kier alpha value is -1.79. The molecular weight excluding hydrogens is 343 g/mol. The Morgan fingerprint density at radius 2 is 2.17 bits per heavy atom. The Labute approximate surface area is 149 Å². The summed E-state index contributed by atoms with van der Waals surface area (Å²) in [7, 11) is 0. The number of aryl methyl sites for hydroxylation is 1. The van der Waals surface area contributed by atoms with Crippen molar-refractivity contribution < 1.29 is 9.18 Å². The molecule has 3 nitrogen and oxygen atoms in total. The molecule has 0 saturated carbocycles. The van der Waals surface area contributed by atoms with Crippen LogP contribution in [0.5, 0.6) is 0 Å². The molecule has 0 aliphatic carbocycles. The Kier molecular flexibility index (Phi) is 5.58. The molecule has 0 spiro atoms. The quantitative estimate of drug-likeness (QED) is 0.878. The Morgan fingerprint density at radius 1 is 1.33 bits per heavy atom. The van der Waals surface area contributed by atoms with E-state index in [0.717, 1.165) is 21.4 Å². The fourth-order valence-electron chi connectivity index (χ4n) is 2.28. The van der Waals surface area contributed by atoms with E-state index in [1.54, 1.807) is 30.8 Å². The van der Waals surface area contributed by atoms with Crippen molar-refractivity contribution in [3.05, 3.63) is 65.0 Å². The van der Waals surface area contributed by atoms with E-state index in [4.69, 9.17) is 0 Å². The first-order chi connectivity index (χ1) is 11.6. The third-order valence-electron chi connectivity index (χ3n) is 3.59. The molecule has 1 N–H and O–H groups in total. The zero-order chi connectivity index (χ0) is 16.9. The van der Waals surface area contributed by atoms with Gasteiger partial charge in [-0.3, -0.25) is 4.79 Å². The summed E-state index contributed by atoms with van der Waals surface area (Å²) in [6, 6.07) is 12.9. The standard InChI is InChI=1S/C18H17FN2OS2/c1-12-8-13(6-7-15(12)19)9-20-17(22)11-24-18-21-16-5-3-2-4-14(16)10-23-18/h2-8H,9-11H2,1H3,(H,20,22). The van der Waals surface area contributed by atoms with Crippen LogP contribution < -0.4 is 5.32 Å². The molecule has 0 unspecified atom stereocenters. The van der Waals surface area contributed by atoms with Crippen LogP contribution in [0.2, 0.25) is 0 Å². The van der Waals surface area contributed by atoms with Crippen molar-refractivity contribution in [2.75, 3.05) is 5.75 Å². The van der Waals surface area contributed by atoms with Gasteiger partial charge in [0.1, 0.15) is 10.2 Å². The normalized spacial score (nSPS) is 13.2. The zero-order valence-electron chi connectivity index (χ0n) is 13.2. The number of halogens is 1. The minimum atomic E-state index is -0.228. The van der Waals surface area contributed by atoms with Crippen LogP contribution in [0.1, 0.15) is 16.7 Å². The van der Waals surface area contributed by atoms with Gasteiger partial charge in [-0.1, -0.05) is 53.9 Å². The first kappa shape index (κ1) is 17.0. The molecule has 2 aromatic rings. The second-order valence-corrected chi connectivity index (χ2v) is 7.63. The van der Waals surface area contributed by atoms with E-state index in [1.165, 1.54) is 23.4 Å². The summed E-state index contributed by atoms with van der Waals surface area (Å²) in [4.78, 5) is 16.6. The van der Waals surface area contributed by atoms with Gasteiger partial charge in [-0.15, -0.1) is 0 Å². The number of nitrogens with one attached hydrogen (secondary N) is 1. The highest BCUT2D eigenvalue weighted by atomic mass is 32.2. The van der Waals surface area contributed by atoms with Crippen molar-refractivity contribution >= 4 is 39.5 Å². The molecule has 0 radical (unpaired) electrons. The Bertz CT molecular complexity index is 792. The first-order valence-electron chi connectivity index (χ1n) is 7.56. The van der Waals surface area contributed by atoms with Gasteiger partial charge in [0, 0.05) is 12.3 Å². The zero-order valence-corrected chi connectivity index (χ0v) is 14.8. The van der Waals surface area contributed by atoms with Crippen molar-refractivity contribution in [3.8, 4) is 0 Å². The van der Waals surface area contributed by atoms with Gasteiger partial charge in [-0.25, -0.2) is 9.38 Å². The number of fused-ring (bicyclic) bond motifs is 1. The predicted molar refractivity (Wildman–Crippen MR) is 100 cm³/mol. The predicted octanol–water partition coefficient (Wildman–Crippen LogP) is 4.42. The number of amides is 1. The molecule has 1 aliphatic rings. The lowest BCUT2D eigenvalue weighted by molar-refractivity contribution is -0.118. The number of rotatable bonds is 4. The maximum absolute atomic E-state index is 13.2. The molecule has 124 valence electrons. The lowest BCUT2D eigenvalue weighted by Crippen LogP contribution is -2.25. The van der Waals surface area contributed by atoms with Crippen LogP contribution in [0, 0.1) is 12.7 Å². The maximum atomic E-state index is 13.2. The van der Waals surface area contributed by atoms with E-state index in [9.17, 15) is 9.18 Å². The van der Waals surface area contributed by atoms with Crippen LogP contribution in [0.25, 0.3) is 0 Å². The highest BCUT2D eigenvalue weighted by Gasteiger charge is 2.14. The van der Waals surface area contributed by atoms with Gasteiger partial charge < -0.3 is 5.32 Å². The van der Waals surface area contributed by atoms with E-state index in [0.29, 0.717) is 17.9 Å². The third-order valence-corrected chi connectivity index (χ3v) is 5.84. The van der Waals surface area contributed by atoms with Crippen molar-refractivity contribution in [2.45, 2.75) is 19.2 Å². The van der Waals surface area contributed by atoms with Crippen LogP contribution in [0.3, 0.4) is 0 Å². The summed E-state index contributed by atoms with van der Waals surface area (Å²) in [5, 5.41) is 2.86. The average molecular weight is 360 g/mol. The molecular formula is C18H17FN2OS2. The fraction of sp³-hybridized carbons (Fsp3) is 0.222. The largest absolute Gasteiger partial charge is 0.351 e. The fourth-order valence-corrected chi connectivity index (χ4v) is 4.17. The summed E-state index contributed by atoms with van der Waals surface area (Å²) in [5.74, 6) is 0.935. The smallest absolute Gasteiger partial charge is 0.230 e. The number of benzene rings is 2. The number of aliphatic imine (C=N–C) groups is 1. The van der Waals surface area contributed by atoms with E-state index in [-0.39, 0.29) is 11.7 Å². The number of hydrogen-bond acceptors (Lipinski definition) is 4. The van der Waals surface area contributed by atoms with Crippen LogP contribution >= 0.6 is 23.5 Å². The van der Waals surface area contributed by atoms with Crippen LogP contribution in [-0.4, -0.2) is 16.0 Å². The molecule has 0 fully saturated rings. The number of nitrogens with zero attached hydrogens (tertiary/aromatic N) is 1. The summed E-state index contributed by atoms with van der Waals surface area (Å²) in [5.41, 5.74) is 3.69. The summed E-state index contributed by atoms with van der Waals surface area (Å²) in [6.07, 6.45) is 0. The minimum absolute atomic E-state index is 0.0517. The molecule has 0 saturated heterocycles. The second-order valence-electron chi connectivity index (χ2n) is 5.44. The second kappa shape index (κ2) is 7.85. The molecule has 24 heavy (non-hydrogen) atoms. The van der Waals surface area contributed by atoms with Gasteiger partial charge in [0.05, 0.1) is 11.4 Å². The third kappa shape index (κ3) is 4.39. The monoisotopic (exact) mass is 360 g/mol. The van der Waals surface area contributed by atoms with E-state index in [1.807, 2.05) is 18.2 Å². The number of para-hydroxylation sites is 1. The Morgan fingerprint density at radius 3 is 3.00 bits per heavy atom. The number of hydrogen-bond donors (Lipinski definition) is 1. The molecule has 6 heteroatoms. The summed E-state index contributed by atoms with van der Waals surface area (Å²) in [6.45, 7) is 2.12. The van der Waals surface area contributed by atoms with E-state index < -0.39 is 0 Å².